The van der Waals surface area contributed by atoms with Gasteiger partial charge in [0.2, 0.25) is 0 Å². The van der Waals surface area contributed by atoms with Gasteiger partial charge in [-0.2, -0.15) is 0 Å². The molecule has 2 radical (unpaired) electrons. The van der Waals surface area contributed by atoms with Gasteiger partial charge in [0.25, 0.3) is 0 Å². The topological polar surface area (TPSA) is 3.24 Å². The average Bonchev–Trinajstić information content (AvgIpc) is 2.65. The molecule has 126 valence electrons. The molecule has 0 spiro atoms. The first-order valence-electron chi connectivity index (χ1n) is 8.01. The van der Waals surface area contributed by atoms with E-state index in [4.69, 9.17) is 0 Å². The van der Waals surface area contributed by atoms with Gasteiger partial charge >= 0.3 is 170 Å². The molecule has 4 heteroatoms. The SMILES string of the molecule is CN(C)C(=S)[Se].c1cc[c]([Ge]([c]2ccccc2)[c]2ccccc2)cc1. The van der Waals surface area contributed by atoms with Crippen LogP contribution >= 0.6 is 12.2 Å². The summed E-state index contributed by atoms with van der Waals surface area (Å²) in [5, 5.41) is 0. The Kier molecular flexibility index (Phi) is 8.43. The van der Waals surface area contributed by atoms with E-state index >= 15 is 0 Å². The van der Waals surface area contributed by atoms with Crippen LogP contribution in [0.1, 0.15) is 0 Å². The second kappa shape index (κ2) is 10.6. The predicted octanol–water partition coefficient (Wildman–Crippen LogP) is 2.20. The molecule has 0 bridgehead atoms. The van der Waals surface area contributed by atoms with Crippen molar-refractivity contribution in [1.82, 2.24) is 4.90 Å². The summed E-state index contributed by atoms with van der Waals surface area (Å²) in [4.78, 5) is 1.84. The van der Waals surface area contributed by atoms with Crippen LogP contribution in [0.15, 0.2) is 91.0 Å². The molecule has 0 saturated carbocycles. The Morgan fingerprint density at radius 1 is 0.680 bits per heavy atom. The fraction of sp³-hybridized carbons (Fsp3) is 0.0952. The van der Waals surface area contributed by atoms with Crippen molar-refractivity contribution < 1.29 is 0 Å². The molecular weight excluding hydrogens is 450 g/mol. The van der Waals surface area contributed by atoms with Gasteiger partial charge < -0.3 is 0 Å². The maximum atomic E-state index is 4.69. The van der Waals surface area contributed by atoms with Crippen molar-refractivity contribution in [3.05, 3.63) is 91.0 Å². The Morgan fingerprint density at radius 3 is 1.12 bits per heavy atom. The molecule has 0 amide bonds. The summed E-state index contributed by atoms with van der Waals surface area (Å²) in [6.45, 7) is 0. The van der Waals surface area contributed by atoms with E-state index in [0.717, 1.165) is 3.89 Å². The fourth-order valence-electron chi connectivity index (χ4n) is 2.31. The fourth-order valence-corrected chi connectivity index (χ4v) is 7.72. The van der Waals surface area contributed by atoms with E-state index in [1.54, 1.807) is 0 Å². The van der Waals surface area contributed by atoms with E-state index < -0.39 is 14.3 Å². The van der Waals surface area contributed by atoms with Crippen molar-refractivity contribution >= 4 is 59.7 Å². The minimum atomic E-state index is -1.63. The van der Waals surface area contributed by atoms with Gasteiger partial charge in [-0.1, -0.05) is 0 Å². The first-order valence-corrected chi connectivity index (χ1v) is 12.4. The average molecular weight is 471 g/mol. The third kappa shape index (κ3) is 6.44. The van der Waals surface area contributed by atoms with Crippen molar-refractivity contribution in [3.63, 3.8) is 0 Å². The van der Waals surface area contributed by atoms with Gasteiger partial charge in [-0.05, 0) is 0 Å². The van der Waals surface area contributed by atoms with Crippen molar-refractivity contribution in [2.45, 2.75) is 0 Å². The number of nitrogens with zero attached hydrogens (tertiary/aromatic N) is 1. The van der Waals surface area contributed by atoms with Crippen molar-refractivity contribution in [3.8, 4) is 0 Å². The summed E-state index contributed by atoms with van der Waals surface area (Å²) >= 11 is 5.75. The molecule has 1 nitrogen and oxygen atoms in total. The molecule has 0 atom stereocenters. The third-order valence-corrected chi connectivity index (χ3v) is 10.4. The van der Waals surface area contributed by atoms with Crippen molar-refractivity contribution in [2.24, 2.45) is 0 Å². The summed E-state index contributed by atoms with van der Waals surface area (Å²) in [5.74, 6) is 0. The Hall–Kier alpha value is -1.39. The summed E-state index contributed by atoms with van der Waals surface area (Å²) in [5.41, 5.74) is 0. The molecule has 3 aromatic carbocycles. The zero-order chi connectivity index (χ0) is 18.1. The third-order valence-electron chi connectivity index (χ3n) is 3.55. The second-order valence-corrected chi connectivity index (χ2v) is 12.6. The minimum absolute atomic E-state index is 0.801. The molecule has 25 heavy (non-hydrogen) atoms. The van der Waals surface area contributed by atoms with Gasteiger partial charge in [-0.15, -0.1) is 0 Å². The first kappa shape index (κ1) is 19.9. The van der Waals surface area contributed by atoms with E-state index in [1.165, 1.54) is 13.2 Å². The molecule has 3 aromatic rings. The van der Waals surface area contributed by atoms with Crippen LogP contribution in [0.3, 0.4) is 0 Å². The normalized spacial score (nSPS) is 9.88. The Bertz CT molecular complexity index is 670. The summed E-state index contributed by atoms with van der Waals surface area (Å²) in [7, 11) is 3.80. The number of thiocarbonyl (C=S) groups is 1. The van der Waals surface area contributed by atoms with Crippen molar-refractivity contribution in [1.29, 1.82) is 0 Å². The summed E-state index contributed by atoms with van der Waals surface area (Å²) < 4.78 is 5.30. The standard InChI is InChI=1S/C18H15Ge.C3H6NSSe/c1-4-10-16(11-5-1)19(17-12-6-2-7-13-17)18-14-8-3-9-15-18;1-4(2)3(5)6/h1-15H;1-2H3. The summed E-state index contributed by atoms with van der Waals surface area (Å²) in [6, 6.07) is 32.8. The molecule has 0 aliphatic carbocycles. The van der Waals surface area contributed by atoms with Crippen LogP contribution in [0.2, 0.25) is 0 Å². The molecule has 0 aromatic heterocycles. The summed E-state index contributed by atoms with van der Waals surface area (Å²) in [6.07, 6.45) is 0. The van der Waals surface area contributed by atoms with E-state index in [2.05, 4.69) is 119 Å². The molecule has 0 aliphatic rings. The number of hydrogen-bond donors (Lipinski definition) is 0. The van der Waals surface area contributed by atoms with E-state index in [0.29, 0.717) is 0 Å². The molecule has 0 unspecified atom stereocenters. The first-order chi connectivity index (χ1) is 12.1. The van der Waals surface area contributed by atoms with Crippen LogP contribution in [0, 0.1) is 0 Å². The number of benzene rings is 3. The Balaban J connectivity index is 0.000000326. The second-order valence-electron chi connectivity index (χ2n) is 5.63. The van der Waals surface area contributed by atoms with E-state index in [1.807, 2.05) is 19.0 Å². The molecule has 0 heterocycles. The van der Waals surface area contributed by atoms with E-state index in [-0.39, 0.29) is 0 Å². The predicted molar refractivity (Wildman–Crippen MR) is 116 cm³/mol. The Morgan fingerprint density at radius 2 is 0.920 bits per heavy atom. The van der Waals surface area contributed by atoms with E-state index in [9.17, 15) is 0 Å². The number of rotatable bonds is 3. The monoisotopic (exact) mass is 473 g/mol. The van der Waals surface area contributed by atoms with Gasteiger partial charge in [0, 0.05) is 0 Å². The van der Waals surface area contributed by atoms with Crippen LogP contribution in [-0.4, -0.2) is 53.2 Å². The number of hydrogen-bond acceptors (Lipinski definition) is 1. The maximum absolute atomic E-state index is 4.69. The van der Waals surface area contributed by atoms with Gasteiger partial charge in [-0.3, -0.25) is 0 Å². The molecule has 0 fully saturated rings. The van der Waals surface area contributed by atoms with Gasteiger partial charge in [-0.25, -0.2) is 0 Å². The van der Waals surface area contributed by atoms with Crippen LogP contribution in [0.4, 0.5) is 0 Å². The van der Waals surface area contributed by atoms with Crippen LogP contribution in [0.5, 0.6) is 0 Å². The van der Waals surface area contributed by atoms with Gasteiger partial charge in [0.15, 0.2) is 0 Å². The van der Waals surface area contributed by atoms with Crippen LogP contribution < -0.4 is 13.2 Å². The molecule has 3 rings (SSSR count). The quantitative estimate of drug-likeness (QED) is 0.426. The molecule has 0 aliphatic heterocycles. The zero-order valence-electron chi connectivity index (χ0n) is 14.4. The van der Waals surface area contributed by atoms with Crippen LogP contribution in [0.25, 0.3) is 0 Å². The molecule has 0 saturated heterocycles. The van der Waals surface area contributed by atoms with Crippen molar-refractivity contribution in [2.75, 3.05) is 14.1 Å². The van der Waals surface area contributed by atoms with Gasteiger partial charge in [0.05, 0.1) is 0 Å². The molecule has 0 N–H and O–H groups in total. The Labute approximate surface area is 169 Å². The van der Waals surface area contributed by atoms with Crippen LogP contribution in [-0.2, 0) is 0 Å². The van der Waals surface area contributed by atoms with Gasteiger partial charge in [0.1, 0.15) is 0 Å². The zero-order valence-corrected chi connectivity index (χ0v) is 19.1. The molecular formula is C21H21GeNSSe.